The quantitative estimate of drug-likeness (QED) is 0.763. The predicted molar refractivity (Wildman–Crippen MR) is 56.8 cm³/mol. The maximum Gasteiger partial charge on any atom is 0.354 e. The molecule has 7 nitrogen and oxygen atoms in total. The number of carboxylic acid groups (broad SMARTS) is 1. The molecule has 0 bridgehead atoms. The Morgan fingerprint density at radius 2 is 2.29 bits per heavy atom. The minimum absolute atomic E-state index is 0.142. The van der Waals surface area contributed by atoms with Crippen LogP contribution in [0.15, 0.2) is 12.3 Å². The third kappa shape index (κ3) is 1.94. The standard InChI is InChI=1S/C10H9N3O4/c1-2-17-10(16)5-3-7(9(14)15)12-8-6(5)4-11-13-8/h3-4H,2H2,1H3,(H,14,15)(H,11,12,13). The molecule has 0 aliphatic carbocycles. The number of aromatic nitrogens is 3. The van der Waals surface area contributed by atoms with Crippen LogP contribution in [-0.4, -0.2) is 38.8 Å². The number of ether oxygens (including phenoxy) is 1. The van der Waals surface area contributed by atoms with E-state index in [2.05, 4.69) is 15.2 Å². The summed E-state index contributed by atoms with van der Waals surface area (Å²) in [6, 6.07) is 1.18. The molecule has 0 aromatic carbocycles. The maximum absolute atomic E-state index is 11.6. The van der Waals surface area contributed by atoms with Crippen molar-refractivity contribution in [3.05, 3.63) is 23.5 Å². The summed E-state index contributed by atoms with van der Waals surface area (Å²) in [4.78, 5) is 26.3. The van der Waals surface area contributed by atoms with E-state index in [1.165, 1.54) is 12.3 Å². The van der Waals surface area contributed by atoms with Crippen molar-refractivity contribution < 1.29 is 19.4 Å². The lowest BCUT2D eigenvalue weighted by atomic mass is 10.1. The number of aromatic carboxylic acids is 1. The average Bonchev–Trinajstić information content (AvgIpc) is 2.75. The van der Waals surface area contributed by atoms with Gasteiger partial charge in [-0.05, 0) is 13.0 Å². The minimum Gasteiger partial charge on any atom is -0.477 e. The van der Waals surface area contributed by atoms with Gasteiger partial charge >= 0.3 is 11.9 Å². The lowest BCUT2D eigenvalue weighted by Crippen LogP contribution is -2.09. The summed E-state index contributed by atoms with van der Waals surface area (Å²) in [5, 5.41) is 15.5. The van der Waals surface area contributed by atoms with Gasteiger partial charge in [-0.1, -0.05) is 0 Å². The Kier molecular flexibility index (Phi) is 2.73. The van der Waals surface area contributed by atoms with Crippen LogP contribution in [0.2, 0.25) is 0 Å². The molecule has 0 atom stereocenters. The largest absolute Gasteiger partial charge is 0.477 e. The molecule has 0 saturated carbocycles. The van der Waals surface area contributed by atoms with Gasteiger partial charge in [0.1, 0.15) is 0 Å². The number of hydrogen-bond donors (Lipinski definition) is 2. The number of carboxylic acids is 1. The fraction of sp³-hybridized carbons (Fsp3) is 0.200. The van der Waals surface area contributed by atoms with Crippen LogP contribution in [0.25, 0.3) is 11.0 Å². The van der Waals surface area contributed by atoms with Gasteiger partial charge in [0.05, 0.1) is 23.8 Å². The number of nitrogens with one attached hydrogen (secondary N) is 1. The Labute approximate surface area is 95.4 Å². The predicted octanol–water partition coefficient (Wildman–Crippen LogP) is 0.833. The van der Waals surface area contributed by atoms with Crippen LogP contribution in [0.1, 0.15) is 27.8 Å². The molecule has 0 spiro atoms. The number of carbonyl (C=O) groups is 2. The van der Waals surface area contributed by atoms with Crippen molar-refractivity contribution in [2.75, 3.05) is 6.61 Å². The molecule has 88 valence electrons. The number of hydrogen-bond acceptors (Lipinski definition) is 5. The van der Waals surface area contributed by atoms with Crippen molar-refractivity contribution in [1.29, 1.82) is 0 Å². The van der Waals surface area contributed by atoms with E-state index in [4.69, 9.17) is 9.84 Å². The first-order valence-corrected chi connectivity index (χ1v) is 4.88. The first-order valence-electron chi connectivity index (χ1n) is 4.88. The highest BCUT2D eigenvalue weighted by molar-refractivity contribution is 6.04. The third-order valence-corrected chi connectivity index (χ3v) is 2.14. The van der Waals surface area contributed by atoms with E-state index >= 15 is 0 Å². The molecular weight excluding hydrogens is 226 g/mol. The van der Waals surface area contributed by atoms with Gasteiger partial charge in [-0.15, -0.1) is 0 Å². The van der Waals surface area contributed by atoms with Gasteiger partial charge in [0.25, 0.3) is 0 Å². The Balaban J connectivity index is 2.62. The van der Waals surface area contributed by atoms with Gasteiger partial charge in [-0.3, -0.25) is 5.10 Å². The zero-order valence-corrected chi connectivity index (χ0v) is 8.93. The number of aromatic amines is 1. The topological polar surface area (TPSA) is 105 Å². The van der Waals surface area contributed by atoms with E-state index in [1.54, 1.807) is 6.92 Å². The molecule has 2 rings (SSSR count). The van der Waals surface area contributed by atoms with Crippen LogP contribution in [0.5, 0.6) is 0 Å². The van der Waals surface area contributed by atoms with Crippen molar-refractivity contribution in [2.45, 2.75) is 6.92 Å². The monoisotopic (exact) mass is 235 g/mol. The molecule has 0 amide bonds. The SMILES string of the molecule is CCOC(=O)c1cc(C(=O)O)nc2[nH]ncc12. The number of fused-ring (bicyclic) bond motifs is 1. The highest BCUT2D eigenvalue weighted by Crippen LogP contribution is 2.17. The summed E-state index contributed by atoms with van der Waals surface area (Å²) in [5.41, 5.74) is 0.153. The van der Waals surface area contributed by atoms with Gasteiger partial charge in [0.2, 0.25) is 0 Å². The summed E-state index contributed by atoms with van der Waals surface area (Å²) >= 11 is 0. The molecule has 2 heterocycles. The van der Waals surface area contributed by atoms with E-state index < -0.39 is 11.9 Å². The molecule has 0 aliphatic rings. The normalized spacial score (nSPS) is 10.4. The molecule has 2 aromatic heterocycles. The number of H-pyrrole nitrogens is 1. The van der Waals surface area contributed by atoms with Crippen LogP contribution >= 0.6 is 0 Å². The molecule has 2 aromatic rings. The fourth-order valence-corrected chi connectivity index (χ4v) is 1.42. The highest BCUT2D eigenvalue weighted by atomic mass is 16.5. The van der Waals surface area contributed by atoms with E-state index in [1.807, 2.05) is 0 Å². The van der Waals surface area contributed by atoms with Crippen LogP contribution < -0.4 is 0 Å². The Hall–Kier alpha value is -2.44. The van der Waals surface area contributed by atoms with Gasteiger partial charge < -0.3 is 9.84 Å². The van der Waals surface area contributed by atoms with E-state index in [9.17, 15) is 9.59 Å². The van der Waals surface area contributed by atoms with Crippen molar-refractivity contribution in [3.8, 4) is 0 Å². The summed E-state index contributed by atoms with van der Waals surface area (Å²) in [7, 11) is 0. The van der Waals surface area contributed by atoms with Crippen LogP contribution in [0.4, 0.5) is 0 Å². The summed E-state index contributed by atoms with van der Waals surface area (Å²) in [6.45, 7) is 1.88. The molecule has 0 radical (unpaired) electrons. The minimum atomic E-state index is -1.22. The molecule has 0 fully saturated rings. The number of pyridine rings is 1. The van der Waals surface area contributed by atoms with Crippen molar-refractivity contribution in [2.24, 2.45) is 0 Å². The first-order chi connectivity index (χ1) is 8.13. The van der Waals surface area contributed by atoms with Gasteiger partial charge in [0.15, 0.2) is 11.3 Å². The van der Waals surface area contributed by atoms with Gasteiger partial charge in [0, 0.05) is 0 Å². The van der Waals surface area contributed by atoms with Crippen LogP contribution in [0.3, 0.4) is 0 Å². The molecule has 0 saturated heterocycles. The molecule has 2 N–H and O–H groups in total. The lowest BCUT2D eigenvalue weighted by molar-refractivity contribution is 0.0528. The van der Waals surface area contributed by atoms with Crippen molar-refractivity contribution in [1.82, 2.24) is 15.2 Å². The van der Waals surface area contributed by atoms with E-state index in [0.29, 0.717) is 5.39 Å². The summed E-state index contributed by atoms with van der Waals surface area (Å²) < 4.78 is 4.84. The van der Waals surface area contributed by atoms with Crippen molar-refractivity contribution >= 4 is 23.0 Å². The number of esters is 1. The van der Waals surface area contributed by atoms with Crippen LogP contribution in [0, 0.1) is 0 Å². The number of carbonyl (C=O) groups excluding carboxylic acids is 1. The smallest absolute Gasteiger partial charge is 0.354 e. The zero-order valence-electron chi connectivity index (χ0n) is 8.93. The second-order valence-electron chi connectivity index (χ2n) is 3.21. The Morgan fingerprint density at radius 3 is 2.94 bits per heavy atom. The van der Waals surface area contributed by atoms with Gasteiger partial charge in [-0.2, -0.15) is 5.10 Å². The summed E-state index contributed by atoms with van der Waals surface area (Å²) in [6.07, 6.45) is 1.40. The van der Waals surface area contributed by atoms with Gasteiger partial charge in [-0.25, -0.2) is 14.6 Å². The van der Waals surface area contributed by atoms with Crippen molar-refractivity contribution in [3.63, 3.8) is 0 Å². The molecule has 0 unspecified atom stereocenters. The zero-order chi connectivity index (χ0) is 12.4. The Morgan fingerprint density at radius 1 is 1.53 bits per heavy atom. The maximum atomic E-state index is 11.6. The van der Waals surface area contributed by atoms with E-state index in [-0.39, 0.29) is 23.5 Å². The number of nitrogens with zero attached hydrogens (tertiary/aromatic N) is 2. The first kappa shape index (κ1) is 11.1. The molecule has 7 heteroatoms. The Bertz CT molecular complexity index is 590. The molecular formula is C10H9N3O4. The fourth-order valence-electron chi connectivity index (χ4n) is 1.42. The molecule has 0 aliphatic heterocycles. The second-order valence-corrected chi connectivity index (χ2v) is 3.21. The van der Waals surface area contributed by atoms with Crippen LogP contribution in [-0.2, 0) is 4.74 Å². The second kappa shape index (κ2) is 4.20. The molecule has 17 heavy (non-hydrogen) atoms. The highest BCUT2D eigenvalue weighted by Gasteiger charge is 2.17. The third-order valence-electron chi connectivity index (χ3n) is 2.14. The number of rotatable bonds is 3. The van der Waals surface area contributed by atoms with E-state index in [0.717, 1.165) is 0 Å². The lowest BCUT2D eigenvalue weighted by Gasteiger charge is -2.03. The summed E-state index contributed by atoms with van der Waals surface area (Å²) in [5.74, 6) is -1.81. The average molecular weight is 235 g/mol.